The van der Waals surface area contributed by atoms with Crippen molar-refractivity contribution in [3.8, 4) is 0 Å². The lowest BCUT2D eigenvalue weighted by Crippen LogP contribution is -2.50. The Morgan fingerprint density at radius 3 is 2.32 bits per heavy atom. The van der Waals surface area contributed by atoms with Crippen molar-refractivity contribution in [3.63, 3.8) is 0 Å². The zero-order valence-corrected chi connectivity index (χ0v) is 14.2. The minimum Gasteiger partial charge on any atom is -0.509 e. The molecule has 0 saturated heterocycles. The van der Waals surface area contributed by atoms with Crippen molar-refractivity contribution in [2.45, 2.75) is 46.2 Å². The molecule has 1 N–H and O–H groups in total. The SMILES string of the molecule is COCC(C)N1C(=O)C(c2c(C)cccc2C)=C(O)C1(C)C. The van der Waals surface area contributed by atoms with Crippen LogP contribution in [0.15, 0.2) is 24.0 Å². The van der Waals surface area contributed by atoms with Gasteiger partial charge >= 0.3 is 0 Å². The van der Waals surface area contributed by atoms with Gasteiger partial charge in [0.15, 0.2) is 0 Å². The molecule has 4 heteroatoms. The van der Waals surface area contributed by atoms with Crippen LogP contribution in [0.4, 0.5) is 0 Å². The highest BCUT2D eigenvalue weighted by atomic mass is 16.5. The van der Waals surface area contributed by atoms with Gasteiger partial charge in [0.25, 0.3) is 5.91 Å². The number of carbonyl (C=O) groups excluding carboxylic acids is 1. The average Bonchev–Trinajstić information content (AvgIpc) is 2.58. The number of ether oxygens (including phenoxy) is 1. The summed E-state index contributed by atoms with van der Waals surface area (Å²) in [4.78, 5) is 14.7. The second-order valence-corrected chi connectivity index (χ2v) is 6.53. The van der Waals surface area contributed by atoms with Crippen molar-refractivity contribution in [3.05, 3.63) is 40.6 Å². The van der Waals surface area contributed by atoms with Gasteiger partial charge in [0.2, 0.25) is 0 Å². The minimum absolute atomic E-state index is 0.114. The molecule has 4 nitrogen and oxygen atoms in total. The maximum absolute atomic E-state index is 13.0. The third-order valence-corrected chi connectivity index (χ3v) is 4.43. The van der Waals surface area contributed by atoms with E-state index in [9.17, 15) is 9.90 Å². The standard InChI is InChI=1S/C18H25NO3/c1-11-8-7-9-12(2)14(11)15-16(20)18(4,5)19(17(15)21)13(3)10-22-6/h7-9,13,20H,10H2,1-6H3. The molecule has 0 radical (unpaired) electrons. The van der Waals surface area contributed by atoms with Crippen LogP contribution in [0.25, 0.3) is 5.57 Å². The molecule has 0 spiro atoms. The Bertz CT molecular complexity index is 611. The Labute approximate surface area is 132 Å². The summed E-state index contributed by atoms with van der Waals surface area (Å²) in [5.41, 5.74) is 2.51. The van der Waals surface area contributed by atoms with Crippen molar-refractivity contribution < 1.29 is 14.6 Å². The van der Waals surface area contributed by atoms with Crippen molar-refractivity contribution in [2.24, 2.45) is 0 Å². The number of rotatable bonds is 4. The summed E-state index contributed by atoms with van der Waals surface area (Å²) in [5, 5.41) is 10.8. The third-order valence-electron chi connectivity index (χ3n) is 4.43. The predicted octanol–water partition coefficient (Wildman–Crippen LogP) is 3.23. The van der Waals surface area contributed by atoms with Gasteiger partial charge in [-0.3, -0.25) is 4.79 Å². The van der Waals surface area contributed by atoms with Gasteiger partial charge in [-0.1, -0.05) is 18.2 Å². The first kappa shape index (κ1) is 16.6. The molecule has 0 aliphatic carbocycles. The van der Waals surface area contributed by atoms with E-state index in [1.165, 1.54) is 0 Å². The molecule has 1 aliphatic rings. The zero-order valence-electron chi connectivity index (χ0n) is 14.2. The molecule has 1 unspecified atom stereocenters. The molecular weight excluding hydrogens is 278 g/mol. The Morgan fingerprint density at radius 2 is 1.82 bits per heavy atom. The van der Waals surface area contributed by atoms with Crippen LogP contribution in [0.2, 0.25) is 0 Å². The number of aliphatic hydroxyl groups excluding tert-OH is 1. The Balaban J connectivity index is 2.58. The van der Waals surface area contributed by atoms with E-state index in [0.29, 0.717) is 12.2 Å². The Morgan fingerprint density at radius 1 is 1.27 bits per heavy atom. The van der Waals surface area contributed by atoms with E-state index in [1.54, 1.807) is 12.0 Å². The summed E-state index contributed by atoms with van der Waals surface area (Å²) in [6.07, 6.45) is 0. The van der Waals surface area contributed by atoms with E-state index in [-0.39, 0.29) is 17.7 Å². The smallest absolute Gasteiger partial charge is 0.259 e. The average molecular weight is 303 g/mol. The van der Waals surface area contributed by atoms with Crippen LogP contribution >= 0.6 is 0 Å². The lowest BCUT2D eigenvalue weighted by atomic mass is 9.93. The van der Waals surface area contributed by atoms with Gasteiger partial charge in [0.05, 0.1) is 23.8 Å². The molecule has 22 heavy (non-hydrogen) atoms. The number of methoxy groups -OCH3 is 1. The largest absolute Gasteiger partial charge is 0.509 e. The lowest BCUT2D eigenvalue weighted by Gasteiger charge is -2.36. The van der Waals surface area contributed by atoms with E-state index >= 15 is 0 Å². The molecule has 0 fully saturated rings. The fraction of sp³-hybridized carbons (Fsp3) is 0.500. The number of aliphatic hydroxyl groups is 1. The van der Waals surface area contributed by atoms with E-state index in [4.69, 9.17) is 4.74 Å². The molecule has 1 heterocycles. The van der Waals surface area contributed by atoms with Crippen molar-refractivity contribution in [2.75, 3.05) is 13.7 Å². The summed E-state index contributed by atoms with van der Waals surface area (Å²) in [6.45, 7) is 10.0. The Hall–Kier alpha value is -1.81. The summed E-state index contributed by atoms with van der Waals surface area (Å²) >= 11 is 0. The van der Waals surface area contributed by atoms with Crippen molar-refractivity contribution in [1.29, 1.82) is 0 Å². The van der Waals surface area contributed by atoms with E-state index in [2.05, 4.69) is 0 Å². The molecule has 1 aromatic rings. The fourth-order valence-corrected chi connectivity index (χ4v) is 3.40. The van der Waals surface area contributed by atoms with Crippen LogP contribution in [0.3, 0.4) is 0 Å². The highest BCUT2D eigenvalue weighted by molar-refractivity contribution is 6.23. The molecule has 0 saturated carbocycles. The summed E-state index contributed by atoms with van der Waals surface area (Å²) in [6, 6.07) is 5.77. The minimum atomic E-state index is -0.737. The zero-order chi connectivity index (χ0) is 16.7. The number of carbonyl (C=O) groups is 1. The number of hydrogen-bond donors (Lipinski definition) is 1. The van der Waals surface area contributed by atoms with Gasteiger partial charge in [-0.05, 0) is 51.3 Å². The van der Waals surface area contributed by atoms with Crippen LogP contribution in [0, 0.1) is 13.8 Å². The highest BCUT2D eigenvalue weighted by Gasteiger charge is 2.48. The first-order chi connectivity index (χ1) is 10.2. The van der Waals surface area contributed by atoms with Gasteiger partial charge in [-0.15, -0.1) is 0 Å². The Kier molecular flexibility index (Phi) is 4.34. The van der Waals surface area contributed by atoms with Crippen LogP contribution < -0.4 is 0 Å². The number of amides is 1. The van der Waals surface area contributed by atoms with Crippen LogP contribution in [0.1, 0.15) is 37.5 Å². The lowest BCUT2D eigenvalue weighted by molar-refractivity contribution is -0.131. The van der Waals surface area contributed by atoms with Gasteiger partial charge in [0.1, 0.15) is 5.76 Å². The molecule has 2 rings (SSSR count). The van der Waals surface area contributed by atoms with Gasteiger partial charge in [0, 0.05) is 7.11 Å². The number of nitrogens with zero attached hydrogens (tertiary/aromatic N) is 1. The molecule has 120 valence electrons. The maximum Gasteiger partial charge on any atom is 0.259 e. The normalized spacial score (nSPS) is 19.0. The quantitative estimate of drug-likeness (QED) is 0.929. The second-order valence-electron chi connectivity index (χ2n) is 6.53. The van der Waals surface area contributed by atoms with Crippen LogP contribution in [-0.4, -0.2) is 41.2 Å². The molecular formula is C18H25NO3. The summed E-state index contributed by atoms with van der Waals surface area (Å²) < 4.78 is 5.19. The predicted molar refractivity (Wildman–Crippen MR) is 87.7 cm³/mol. The van der Waals surface area contributed by atoms with Gasteiger partial charge in [-0.25, -0.2) is 0 Å². The second kappa shape index (κ2) is 5.76. The van der Waals surface area contributed by atoms with E-state index in [0.717, 1.165) is 16.7 Å². The molecule has 1 amide bonds. The molecule has 1 aromatic carbocycles. The topological polar surface area (TPSA) is 49.8 Å². The highest BCUT2D eigenvalue weighted by Crippen LogP contribution is 2.41. The third kappa shape index (κ3) is 2.41. The summed E-state index contributed by atoms with van der Waals surface area (Å²) in [7, 11) is 1.61. The summed E-state index contributed by atoms with van der Waals surface area (Å²) in [5.74, 6) is 0.00213. The van der Waals surface area contributed by atoms with Crippen LogP contribution in [-0.2, 0) is 9.53 Å². The maximum atomic E-state index is 13.0. The van der Waals surface area contributed by atoms with Crippen molar-refractivity contribution >= 4 is 11.5 Å². The number of aryl methyl sites for hydroxylation is 2. The number of hydrogen-bond acceptors (Lipinski definition) is 3. The fourth-order valence-electron chi connectivity index (χ4n) is 3.40. The first-order valence-corrected chi connectivity index (χ1v) is 7.56. The molecule has 1 atom stereocenters. The van der Waals surface area contributed by atoms with E-state index < -0.39 is 5.54 Å². The van der Waals surface area contributed by atoms with Gasteiger partial charge < -0.3 is 14.7 Å². The first-order valence-electron chi connectivity index (χ1n) is 7.56. The van der Waals surface area contributed by atoms with E-state index in [1.807, 2.05) is 52.8 Å². The number of benzene rings is 1. The molecule has 0 aromatic heterocycles. The van der Waals surface area contributed by atoms with Crippen molar-refractivity contribution in [1.82, 2.24) is 4.90 Å². The van der Waals surface area contributed by atoms with Crippen LogP contribution in [0.5, 0.6) is 0 Å². The molecule has 0 bridgehead atoms. The van der Waals surface area contributed by atoms with Gasteiger partial charge in [-0.2, -0.15) is 0 Å². The molecule has 1 aliphatic heterocycles. The monoisotopic (exact) mass is 303 g/mol.